The highest BCUT2D eigenvalue weighted by atomic mass is 16.5. The van der Waals surface area contributed by atoms with Crippen molar-refractivity contribution in [3.8, 4) is 0 Å². The normalized spacial score (nSPS) is 10.4. The molecular weight excluding hydrogens is 236 g/mol. The van der Waals surface area contributed by atoms with Crippen LogP contribution in [0.4, 0.5) is 0 Å². The molecule has 0 aromatic heterocycles. The molecule has 0 N–H and O–H groups in total. The van der Waals surface area contributed by atoms with Gasteiger partial charge in [-0.3, -0.25) is 4.79 Å². The molecule has 0 saturated heterocycles. The summed E-state index contributed by atoms with van der Waals surface area (Å²) in [6.07, 6.45) is 7.37. The van der Waals surface area contributed by atoms with Crippen molar-refractivity contribution in [1.82, 2.24) is 0 Å². The molecule has 1 aromatic rings. The van der Waals surface area contributed by atoms with E-state index in [0.29, 0.717) is 13.0 Å². The van der Waals surface area contributed by atoms with Crippen molar-refractivity contribution in [3.63, 3.8) is 0 Å². The molecule has 19 heavy (non-hydrogen) atoms. The Bertz CT molecular complexity index is 371. The Kier molecular flexibility index (Phi) is 7.95. The molecule has 0 fully saturated rings. The van der Waals surface area contributed by atoms with Crippen LogP contribution in [0.25, 0.3) is 0 Å². The van der Waals surface area contributed by atoms with Gasteiger partial charge in [0.1, 0.15) is 6.61 Å². The Balaban J connectivity index is 2.18. The largest absolute Gasteiger partial charge is 0.461 e. The monoisotopic (exact) mass is 262 g/mol. The molecule has 0 heterocycles. The number of benzene rings is 1. The fourth-order valence-corrected chi connectivity index (χ4v) is 2.05. The van der Waals surface area contributed by atoms with E-state index in [4.69, 9.17) is 4.74 Å². The lowest BCUT2D eigenvalue weighted by Gasteiger charge is -2.06. The van der Waals surface area contributed by atoms with E-state index in [9.17, 15) is 4.79 Å². The zero-order valence-electron chi connectivity index (χ0n) is 12.3. The van der Waals surface area contributed by atoms with Gasteiger partial charge in [-0.2, -0.15) is 0 Å². The molecule has 0 amide bonds. The van der Waals surface area contributed by atoms with Gasteiger partial charge < -0.3 is 4.74 Å². The Morgan fingerprint density at radius 3 is 2.53 bits per heavy atom. The molecule has 0 unspecified atom stereocenters. The number of ether oxygens (including phenoxy) is 1. The van der Waals surface area contributed by atoms with Gasteiger partial charge in [0, 0.05) is 6.42 Å². The van der Waals surface area contributed by atoms with Crippen LogP contribution >= 0.6 is 0 Å². The Labute approximate surface area is 117 Å². The first-order chi connectivity index (χ1) is 9.26. The number of aryl methyl sites for hydroxylation is 1. The SMILES string of the molecule is CCCCCCCC(=O)OCc1cccc(CC)c1. The Morgan fingerprint density at radius 1 is 1.05 bits per heavy atom. The summed E-state index contributed by atoms with van der Waals surface area (Å²) in [5.41, 5.74) is 2.37. The fourth-order valence-electron chi connectivity index (χ4n) is 2.05. The van der Waals surface area contributed by atoms with Crippen LogP contribution in [0, 0.1) is 0 Å². The smallest absolute Gasteiger partial charge is 0.306 e. The molecule has 0 radical (unpaired) electrons. The van der Waals surface area contributed by atoms with E-state index < -0.39 is 0 Å². The van der Waals surface area contributed by atoms with Crippen molar-refractivity contribution < 1.29 is 9.53 Å². The average Bonchev–Trinajstić information content (AvgIpc) is 2.45. The number of rotatable bonds is 9. The second kappa shape index (κ2) is 9.60. The number of hydrogen-bond donors (Lipinski definition) is 0. The van der Waals surface area contributed by atoms with Crippen molar-refractivity contribution in [3.05, 3.63) is 35.4 Å². The van der Waals surface area contributed by atoms with Gasteiger partial charge in [0.2, 0.25) is 0 Å². The number of unbranched alkanes of at least 4 members (excludes halogenated alkanes) is 4. The highest BCUT2D eigenvalue weighted by Crippen LogP contribution is 2.09. The molecule has 0 atom stereocenters. The third-order valence-corrected chi connectivity index (χ3v) is 3.28. The van der Waals surface area contributed by atoms with Crippen LogP contribution < -0.4 is 0 Å². The maximum Gasteiger partial charge on any atom is 0.306 e. The van der Waals surface area contributed by atoms with E-state index in [1.165, 1.54) is 24.8 Å². The molecule has 106 valence electrons. The first-order valence-electron chi connectivity index (χ1n) is 7.49. The van der Waals surface area contributed by atoms with Crippen LogP contribution in [0.15, 0.2) is 24.3 Å². The van der Waals surface area contributed by atoms with Crippen LogP contribution in [0.1, 0.15) is 63.5 Å². The van der Waals surface area contributed by atoms with E-state index in [1.807, 2.05) is 12.1 Å². The molecule has 0 aliphatic heterocycles. The van der Waals surface area contributed by atoms with Gasteiger partial charge in [-0.15, -0.1) is 0 Å². The maximum atomic E-state index is 11.6. The number of carbonyl (C=O) groups is 1. The molecule has 0 bridgehead atoms. The standard InChI is InChI=1S/C17H26O2/c1-3-5-6-7-8-12-17(18)19-14-16-11-9-10-15(4-2)13-16/h9-11,13H,3-8,12,14H2,1-2H3. The summed E-state index contributed by atoms with van der Waals surface area (Å²) >= 11 is 0. The lowest BCUT2D eigenvalue weighted by molar-refractivity contribution is -0.145. The first kappa shape index (κ1) is 15.7. The summed E-state index contributed by atoms with van der Waals surface area (Å²) in [4.78, 5) is 11.6. The predicted molar refractivity (Wildman–Crippen MR) is 79.0 cm³/mol. The molecule has 0 saturated carbocycles. The highest BCUT2D eigenvalue weighted by Gasteiger charge is 2.03. The average molecular weight is 262 g/mol. The Morgan fingerprint density at radius 2 is 1.79 bits per heavy atom. The van der Waals surface area contributed by atoms with Crippen molar-refractivity contribution in [2.75, 3.05) is 0 Å². The molecular formula is C17H26O2. The summed E-state index contributed by atoms with van der Waals surface area (Å²) < 4.78 is 5.30. The fraction of sp³-hybridized carbons (Fsp3) is 0.588. The summed E-state index contributed by atoms with van der Waals surface area (Å²) in [6.45, 7) is 4.72. The second-order valence-corrected chi connectivity index (χ2v) is 5.00. The third kappa shape index (κ3) is 7.00. The number of hydrogen-bond acceptors (Lipinski definition) is 2. The summed E-state index contributed by atoms with van der Waals surface area (Å²) in [7, 11) is 0. The molecule has 2 heteroatoms. The Hall–Kier alpha value is -1.31. The second-order valence-electron chi connectivity index (χ2n) is 5.00. The minimum atomic E-state index is -0.0709. The topological polar surface area (TPSA) is 26.3 Å². The summed E-state index contributed by atoms with van der Waals surface area (Å²) in [5.74, 6) is -0.0709. The van der Waals surface area contributed by atoms with Crippen LogP contribution in [-0.4, -0.2) is 5.97 Å². The molecule has 2 nitrogen and oxygen atoms in total. The molecule has 1 aromatic carbocycles. The minimum absolute atomic E-state index is 0.0709. The zero-order valence-corrected chi connectivity index (χ0v) is 12.3. The van der Waals surface area contributed by atoms with E-state index in [-0.39, 0.29) is 5.97 Å². The van der Waals surface area contributed by atoms with Crippen LogP contribution in [0.5, 0.6) is 0 Å². The van der Waals surface area contributed by atoms with Crippen LogP contribution in [-0.2, 0) is 22.6 Å². The highest BCUT2D eigenvalue weighted by molar-refractivity contribution is 5.69. The van der Waals surface area contributed by atoms with Gasteiger partial charge in [0.15, 0.2) is 0 Å². The van der Waals surface area contributed by atoms with Crippen molar-refractivity contribution >= 4 is 5.97 Å². The van der Waals surface area contributed by atoms with Gasteiger partial charge in [-0.25, -0.2) is 0 Å². The van der Waals surface area contributed by atoms with Crippen molar-refractivity contribution in [1.29, 1.82) is 0 Å². The van der Waals surface area contributed by atoms with E-state index in [0.717, 1.165) is 24.8 Å². The maximum absolute atomic E-state index is 11.6. The van der Waals surface area contributed by atoms with Crippen molar-refractivity contribution in [2.45, 2.75) is 65.4 Å². The van der Waals surface area contributed by atoms with E-state index in [2.05, 4.69) is 26.0 Å². The molecule has 0 aliphatic carbocycles. The van der Waals surface area contributed by atoms with Gasteiger partial charge in [0.05, 0.1) is 0 Å². The molecule has 1 rings (SSSR count). The molecule has 0 aliphatic rings. The van der Waals surface area contributed by atoms with Crippen LogP contribution in [0.3, 0.4) is 0 Å². The first-order valence-corrected chi connectivity index (χ1v) is 7.49. The van der Waals surface area contributed by atoms with Gasteiger partial charge in [-0.05, 0) is 24.0 Å². The predicted octanol–water partition coefficient (Wildman–Crippen LogP) is 4.65. The lowest BCUT2D eigenvalue weighted by atomic mass is 10.1. The van der Waals surface area contributed by atoms with Crippen molar-refractivity contribution in [2.24, 2.45) is 0 Å². The van der Waals surface area contributed by atoms with Gasteiger partial charge in [-0.1, -0.05) is 63.8 Å². The number of esters is 1. The summed E-state index contributed by atoms with van der Waals surface area (Å²) in [5, 5.41) is 0. The molecule has 0 spiro atoms. The van der Waals surface area contributed by atoms with Gasteiger partial charge >= 0.3 is 5.97 Å². The zero-order chi connectivity index (χ0) is 13.9. The van der Waals surface area contributed by atoms with E-state index >= 15 is 0 Å². The van der Waals surface area contributed by atoms with Crippen LogP contribution in [0.2, 0.25) is 0 Å². The third-order valence-electron chi connectivity index (χ3n) is 3.28. The number of carbonyl (C=O) groups excluding carboxylic acids is 1. The lowest BCUT2D eigenvalue weighted by Crippen LogP contribution is -2.04. The van der Waals surface area contributed by atoms with Gasteiger partial charge in [0.25, 0.3) is 0 Å². The quantitative estimate of drug-likeness (QED) is 0.478. The minimum Gasteiger partial charge on any atom is -0.461 e. The van der Waals surface area contributed by atoms with E-state index in [1.54, 1.807) is 0 Å². The summed E-state index contributed by atoms with van der Waals surface area (Å²) in [6, 6.07) is 8.23.